The van der Waals surface area contributed by atoms with E-state index in [1.165, 1.54) is 0 Å². The summed E-state index contributed by atoms with van der Waals surface area (Å²) in [5.41, 5.74) is 4.39. The van der Waals surface area contributed by atoms with E-state index in [-0.39, 0.29) is 11.7 Å². The Morgan fingerprint density at radius 1 is 1.26 bits per heavy atom. The number of aromatic nitrogens is 2. The maximum atomic E-state index is 12.9. The molecule has 138 valence electrons. The molecule has 0 atom stereocenters. The van der Waals surface area contributed by atoms with Crippen molar-refractivity contribution in [1.82, 2.24) is 14.5 Å². The molecule has 1 aliphatic rings. The van der Waals surface area contributed by atoms with Crippen LogP contribution >= 0.6 is 0 Å². The number of ether oxygens (including phenoxy) is 1. The molecule has 0 radical (unpaired) electrons. The maximum Gasteiger partial charge on any atom is 0.272 e. The molecule has 6 nitrogen and oxygen atoms in total. The maximum absolute atomic E-state index is 12.9. The lowest BCUT2D eigenvalue weighted by atomic mass is 9.98. The van der Waals surface area contributed by atoms with Crippen molar-refractivity contribution in [1.29, 1.82) is 0 Å². The molecule has 0 bridgehead atoms. The van der Waals surface area contributed by atoms with Gasteiger partial charge in [0.05, 0.1) is 19.1 Å². The van der Waals surface area contributed by atoms with Crippen LogP contribution in [0.25, 0.3) is 11.1 Å². The molecule has 1 aliphatic heterocycles. The highest BCUT2D eigenvalue weighted by Gasteiger charge is 2.25. The molecule has 3 aromatic rings. The van der Waals surface area contributed by atoms with Crippen LogP contribution in [0.1, 0.15) is 21.6 Å². The third-order valence-corrected chi connectivity index (χ3v) is 4.89. The molecule has 4 rings (SSSR count). The van der Waals surface area contributed by atoms with Gasteiger partial charge in [0.15, 0.2) is 11.5 Å². The van der Waals surface area contributed by atoms with Gasteiger partial charge in [0.25, 0.3) is 5.91 Å². The summed E-state index contributed by atoms with van der Waals surface area (Å²) in [6, 6.07) is 11.7. The summed E-state index contributed by atoms with van der Waals surface area (Å²) in [4.78, 5) is 18.6. The van der Waals surface area contributed by atoms with E-state index in [4.69, 9.17) is 4.74 Å². The number of phenols is 1. The van der Waals surface area contributed by atoms with E-state index in [1.54, 1.807) is 35.1 Å². The summed E-state index contributed by atoms with van der Waals surface area (Å²) in [5.74, 6) is 0.445. The van der Waals surface area contributed by atoms with Gasteiger partial charge in [-0.1, -0.05) is 24.3 Å². The van der Waals surface area contributed by atoms with E-state index in [1.807, 2.05) is 37.3 Å². The quantitative estimate of drug-likeness (QED) is 0.760. The number of amides is 1. The summed E-state index contributed by atoms with van der Waals surface area (Å²) in [6.07, 6.45) is 3.17. The van der Waals surface area contributed by atoms with Crippen molar-refractivity contribution < 1.29 is 14.6 Å². The number of nitrogens with zero attached hydrogens (tertiary/aromatic N) is 3. The molecule has 0 fully saturated rings. The van der Waals surface area contributed by atoms with Crippen molar-refractivity contribution in [2.45, 2.75) is 13.5 Å². The standard InChI is InChI=1S/C21H21N3O3/c1-14-5-3-4-6-17(14)15-9-16-12-24(7-8-27-20(16)19(25)10-15)21(26)18-11-22-13-23(18)2/h3-6,9-11,13,25H,7-8,12H2,1-2H3. The van der Waals surface area contributed by atoms with E-state index >= 15 is 0 Å². The number of rotatable bonds is 2. The molecule has 0 saturated heterocycles. The molecule has 1 aromatic heterocycles. The topological polar surface area (TPSA) is 67.6 Å². The van der Waals surface area contributed by atoms with Crippen molar-refractivity contribution in [3.8, 4) is 22.6 Å². The van der Waals surface area contributed by atoms with Gasteiger partial charge >= 0.3 is 0 Å². The molecular weight excluding hydrogens is 342 g/mol. The molecule has 2 aromatic carbocycles. The number of hydrogen-bond acceptors (Lipinski definition) is 4. The van der Waals surface area contributed by atoms with Crippen LogP contribution in [0.5, 0.6) is 11.5 Å². The Morgan fingerprint density at radius 3 is 2.81 bits per heavy atom. The predicted molar refractivity (Wildman–Crippen MR) is 102 cm³/mol. The first-order chi connectivity index (χ1) is 13.0. The highest BCUT2D eigenvalue weighted by molar-refractivity contribution is 5.92. The van der Waals surface area contributed by atoms with E-state index in [0.717, 1.165) is 22.3 Å². The first kappa shape index (κ1) is 17.1. The van der Waals surface area contributed by atoms with Crippen LogP contribution in [0.3, 0.4) is 0 Å². The van der Waals surface area contributed by atoms with Crippen molar-refractivity contribution in [3.05, 3.63) is 65.7 Å². The fourth-order valence-corrected chi connectivity index (χ4v) is 3.45. The molecule has 0 spiro atoms. The zero-order chi connectivity index (χ0) is 19.0. The summed E-state index contributed by atoms with van der Waals surface area (Å²) in [5, 5.41) is 10.5. The monoisotopic (exact) mass is 363 g/mol. The van der Waals surface area contributed by atoms with Crippen molar-refractivity contribution in [2.75, 3.05) is 13.2 Å². The first-order valence-corrected chi connectivity index (χ1v) is 8.85. The van der Waals surface area contributed by atoms with Crippen molar-refractivity contribution in [3.63, 3.8) is 0 Å². The molecule has 6 heteroatoms. The number of fused-ring (bicyclic) bond motifs is 1. The lowest BCUT2D eigenvalue weighted by molar-refractivity contribution is 0.0723. The minimum atomic E-state index is -0.104. The van der Waals surface area contributed by atoms with Gasteiger partial charge in [-0.2, -0.15) is 0 Å². The Balaban J connectivity index is 1.72. The van der Waals surface area contributed by atoms with Crippen LogP contribution < -0.4 is 4.74 Å². The summed E-state index contributed by atoms with van der Waals surface area (Å²) >= 11 is 0. The number of hydrogen-bond donors (Lipinski definition) is 1. The summed E-state index contributed by atoms with van der Waals surface area (Å²) < 4.78 is 7.47. The molecular formula is C21H21N3O3. The number of phenolic OH excluding ortho intramolecular Hbond substituents is 1. The van der Waals surface area contributed by atoms with Gasteiger partial charge in [-0.05, 0) is 35.7 Å². The number of carbonyl (C=O) groups excluding carboxylic acids is 1. The van der Waals surface area contributed by atoms with Crippen LogP contribution in [0.2, 0.25) is 0 Å². The summed E-state index contributed by atoms with van der Waals surface area (Å²) in [6.45, 7) is 3.17. The molecule has 0 saturated carbocycles. The van der Waals surface area contributed by atoms with Gasteiger partial charge in [-0.25, -0.2) is 4.98 Å². The van der Waals surface area contributed by atoms with Crippen LogP contribution in [-0.4, -0.2) is 38.6 Å². The number of aromatic hydroxyl groups is 1. The van der Waals surface area contributed by atoms with E-state index in [9.17, 15) is 9.90 Å². The van der Waals surface area contributed by atoms with Crippen molar-refractivity contribution >= 4 is 5.91 Å². The predicted octanol–water partition coefficient (Wildman–Crippen LogP) is 3.14. The third-order valence-electron chi connectivity index (χ3n) is 4.89. The van der Waals surface area contributed by atoms with Crippen LogP contribution in [0, 0.1) is 6.92 Å². The van der Waals surface area contributed by atoms with Crippen LogP contribution in [-0.2, 0) is 13.6 Å². The molecule has 1 amide bonds. The minimum absolute atomic E-state index is 0.0978. The lowest BCUT2D eigenvalue weighted by Crippen LogP contribution is -2.33. The second-order valence-electron chi connectivity index (χ2n) is 6.76. The van der Waals surface area contributed by atoms with Gasteiger partial charge in [0.1, 0.15) is 12.3 Å². The average Bonchev–Trinajstić information content (AvgIpc) is 2.95. The van der Waals surface area contributed by atoms with E-state index < -0.39 is 0 Å². The highest BCUT2D eigenvalue weighted by Crippen LogP contribution is 2.38. The Hall–Kier alpha value is -3.28. The normalized spacial score (nSPS) is 13.6. The number of benzene rings is 2. The van der Waals surface area contributed by atoms with Crippen molar-refractivity contribution in [2.24, 2.45) is 7.05 Å². The summed E-state index contributed by atoms with van der Waals surface area (Å²) in [7, 11) is 1.80. The van der Waals surface area contributed by atoms with Crippen LogP contribution in [0.4, 0.5) is 0 Å². The van der Waals surface area contributed by atoms with E-state index in [0.29, 0.717) is 31.1 Å². The zero-order valence-corrected chi connectivity index (χ0v) is 15.3. The Kier molecular flexibility index (Phi) is 4.32. The number of aryl methyl sites for hydroxylation is 2. The molecule has 27 heavy (non-hydrogen) atoms. The SMILES string of the molecule is Cc1ccccc1-c1cc(O)c2c(c1)CN(C(=O)c1cncn1C)CCO2. The van der Waals surface area contributed by atoms with Gasteiger partial charge in [0.2, 0.25) is 0 Å². The second-order valence-corrected chi connectivity index (χ2v) is 6.76. The Bertz CT molecular complexity index is 1010. The molecule has 0 unspecified atom stereocenters. The van der Waals surface area contributed by atoms with Gasteiger partial charge in [0, 0.05) is 19.2 Å². The smallest absolute Gasteiger partial charge is 0.272 e. The Morgan fingerprint density at radius 2 is 2.07 bits per heavy atom. The number of carbonyl (C=O) groups is 1. The largest absolute Gasteiger partial charge is 0.504 e. The molecule has 0 aliphatic carbocycles. The second kappa shape index (κ2) is 6.79. The van der Waals surface area contributed by atoms with E-state index in [2.05, 4.69) is 4.98 Å². The van der Waals surface area contributed by atoms with Gasteiger partial charge in [-0.15, -0.1) is 0 Å². The van der Waals surface area contributed by atoms with Gasteiger partial charge < -0.3 is 19.3 Å². The average molecular weight is 363 g/mol. The van der Waals surface area contributed by atoms with Crippen LogP contribution in [0.15, 0.2) is 48.9 Å². The highest BCUT2D eigenvalue weighted by atomic mass is 16.5. The first-order valence-electron chi connectivity index (χ1n) is 8.85. The Labute approximate surface area is 157 Å². The molecule has 1 N–H and O–H groups in total. The zero-order valence-electron chi connectivity index (χ0n) is 15.3. The number of imidazole rings is 1. The van der Waals surface area contributed by atoms with Gasteiger partial charge in [-0.3, -0.25) is 4.79 Å². The molecule has 2 heterocycles. The third kappa shape index (κ3) is 3.14. The minimum Gasteiger partial charge on any atom is -0.504 e. The fraction of sp³-hybridized carbons (Fsp3) is 0.238. The fourth-order valence-electron chi connectivity index (χ4n) is 3.45. The lowest BCUT2D eigenvalue weighted by Gasteiger charge is -2.20.